The van der Waals surface area contributed by atoms with E-state index >= 15 is 4.79 Å². The molecular formula is C31H31ClN4O6S. The summed E-state index contributed by atoms with van der Waals surface area (Å²) in [4.78, 5) is 21.6. The van der Waals surface area contributed by atoms with Crippen LogP contribution >= 0.6 is 11.6 Å². The number of oxazole rings is 1. The highest BCUT2D eigenvalue weighted by Crippen LogP contribution is 2.56. The average Bonchev–Trinajstić information content (AvgIpc) is 3.76. The SMILES string of the molecule is CNCc1ccc(C2(N3CCCC3c3ncco3)C(=O)N(S(=O)(=O)c3ccc(OC)cc3)c3ccc(Cl)cc32)c(OC)c1. The third-order valence-electron chi connectivity index (χ3n) is 8.12. The lowest BCUT2D eigenvalue weighted by Gasteiger charge is -2.41. The van der Waals surface area contributed by atoms with E-state index in [1.165, 1.54) is 32.6 Å². The average molecular weight is 623 g/mol. The van der Waals surface area contributed by atoms with Crippen molar-refractivity contribution in [3.05, 3.63) is 101 Å². The van der Waals surface area contributed by atoms with Crippen LogP contribution in [0.2, 0.25) is 5.02 Å². The summed E-state index contributed by atoms with van der Waals surface area (Å²) in [5, 5.41) is 3.49. The monoisotopic (exact) mass is 622 g/mol. The van der Waals surface area contributed by atoms with Crippen molar-refractivity contribution in [1.29, 1.82) is 0 Å². The molecule has 1 fully saturated rings. The zero-order valence-corrected chi connectivity index (χ0v) is 25.5. The Morgan fingerprint density at radius 1 is 1.07 bits per heavy atom. The highest BCUT2D eigenvalue weighted by Gasteiger charge is 2.62. The number of ether oxygens (including phenoxy) is 2. The van der Waals surface area contributed by atoms with Crippen molar-refractivity contribution in [2.75, 3.05) is 32.1 Å². The van der Waals surface area contributed by atoms with E-state index < -0.39 is 27.5 Å². The van der Waals surface area contributed by atoms with Gasteiger partial charge < -0.3 is 19.2 Å². The van der Waals surface area contributed by atoms with Gasteiger partial charge in [0.1, 0.15) is 17.8 Å². The number of amides is 1. The van der Waals surface area contributed by atoms with Crippen molar-refractivity contribution in [3.63, 3.8) is 0 Å². The van der Waals surface area contributed by atoms with Crippen molar-refractivity contribution >= 4 is 33.2 Å². The first-order valence-electron chi connectivity index (χ1n) is 13.8. The Morgan fingerprint density at radius 3 is 2.53 bits per heavy atom. The van der Waals surface area contributed by atoms with E-state index in [0.717, 1.165) is 16.3 Å². The molecule has 0 saturated carbocycles. The third-order valence-corrected chi connectivity index (χ3v) is 10.1. The quantitative estimate of drug-likeness (QED) is 0.279. The van der Waals surface area contributed by atoms with Crippen LogP contribution in [0.5, 0.6) is 11.5 Å². The summed E-state index contributed by atoms with van der Waals surface area (Å²) in [6.45, 7) is 1.03. The van der Waals surface area contributed by atoms with E-state index in [0.29, 0.717) is 53.0 Å². The second-order valence-electron chi connectivity index (χ2n) is 10.4. The molecule has 0 aliphatic carbocycles. The number of benzene rings is 3. The van der Waals surface area contributed by atoms with Gasteiger partial charge in [0.05, 0.1) is 37.0 Å². The van der Waals surface area contributed by atoms with Gasteiger partial charge in [-0.15, -0.1) is 0 Å². The number of fused-ring (bicyclic) bond motifs is 1. The van der Waals surface area contributed by atoms with Crippen LogP contribution in [0.3, 0.4) is 0 Å². The Balaban J connectivity index is 1.65. The van der Waals surface area contributed by atoms with Gasteiger partial charge in [-0.3, -0.25) is 9.69 Å². The number of carbonyl (C=O) groups excluding carboxylic acids is 1. The first-order chi connectivity index (χ1) is 20.8. The van der Waals surface area contributed by atoms with Gasteiger partial charge in [0.25, 0.3) is 15.9 Å². The standard InChI is InChI=1S/C31H31ClN4O6S/c1-33-19-20-6-12-24(28(17-20)41-3)31(35-15-4-5-27(35)29-34-14-16-42-29)25-18-21(32)7-13-26(25)36(30(31)37)43(38,39)23-10-8-22(40-2)9-11-23/h6-14,16-18,27,33H,4-5,15,19H2,1-3H3. The topological polar surface area (TPSA) is 114 Å². The molecule has 1 saturated heterocycles. The van der Waals surface area contributed by atoms with Crippen LogP contribution in [0.25, 0.3) is 0 Å². The smallest absolute Gasteiger partial charge is 0.271 e. The Labute approximate surface area is 255 Å². The van der Waals surface area contributed by atoms with Gasteiger partial charge in [-0.2, -0.15) is 0 Å². The Kier molecular flexibility index (Phi) is 7.67. The van der Waals surface area contributed by atoms with Crippen molar-refractivity contribution in [2.45, 2.75) is 35.9 Å². The number of anilines is 1. The molecule has 0 radical (unpaired) electrons. The summed E-state index contributed by atoms with van der Waals surface area (Å²) in [5.74, 6) is 0.702. The van der Waals surface area contributed by atoms with Crippen molar-refractivity contribution < 1.29 is 27.1 Å². The molecule has 2 unspecified atom stereocenters. The number of methoxy groups -OCH3 is 2. The van der Waals surface area contributed by atoms with Crippen LogP contribution in [-0.4, -0.2) is 52.0 Å². The molecule has 1 N–H and O–H groups in total. The third kappa shape index (κ3) is 4.58. The number of aromatic nitrogens is 1. The predicted octanol–water partition coefficient (Wildman–Crippen LogP) is 4.88. The zero-order valence-electron chi connectivity index (χ0n) is 23.9. The van der Waals surface area contributed by atoms with E-state index in [4.69, 9.17) is 25.5 Å². The minimum absolute atomic E-state index is 0.0552. The molecule has 2 aliphatic rings. The molecular weight excluding hydrogens is 592 g/mol. The number of hydrogen-bond donors (Lipinski definition) is 1. The van der Waals surface area contributed by atoms with E-state index in [1.807, 2.05) is 30.1 Å². The van der Waals surface area contributed by atoms with E-state index in [2.05, 4.69) is 10.3 Å². The molecule has 0 spiro atoms. The minimum Gasteiger partial charge on any atom is -0.497 e. The number of rotatable bonds is 9. The van der Waals surface area contributed by atoms with Gasteiger partial charge in [-0.25, -0.2) is 17.7 Å². The van der Waals surface area contributed by atoms with Gasteiger partial charge in [0.2, 0.25) is 5.89 Å². The second-order valence-corrected chi connectivity index (χ2v) is 12.6. The Bertz CT molecular complexity index is 1760. The molecule has 1 aromatic heterocycles. The van der Waals surface area contributed by atoms with Crippen LogP contribution in [0, 0.1) is 0 Å². The summed E-state index contributed by atoms with van der Waals surface area (Å²) < 4.78 is 46.5. The summed E-state index contributed by atoms with van der Waals surface area (Å²) in [7, 11) is 0.489. The fourth-order valence-corrected chi connectivity index (χ4v) is 7.94. The summed E-state index contributed by atoms with van der Waals surface area (Å²) in [6.07, 6.45) is 4.43. The number of nitrogens with zero attached hydrogens (tertiary/aromatic N) is 3. The summed E-state index contributed by atoms with van der Waals surface area (Å²) >= 11 is 6.60. The van der Waals surface area contributed by atoms with E-state index in [1.54, 1.807) is 36.5 Å². The first-order valence-corrected chi connectivity index (χ1v) is 15.6. The van der Waals surface area contributed by atoms with Crippen molar-refractivity contribution in [2.24, 2.45) is 0 Å². The normalized spacial score (nSPS) is 20.4. The molecule has 6 rings (SSSR count). The van der Waals surface area contributed by atoms with Gasteiger partial charge in [0, 0.05) is 29.2 Å². The molecule has 1 amide bonds. The Hall–Kier alpha value is -3.90. The maximum absolute atomic E-state index is 15.2. The molecule has 3 aromatic carbocycles. The van der Waals surface area contributed by atoms with Crippen LogP contribution in [0.1, 0.15) is 41.5 Å². The number of halogens is 1. The van der Waals surface area contributed by atoms with E-state index in [-0.39, 0.29) is 10.6 Å². The van der Waals surface area contributed by atoms with Gasteiger partial charge in [-0.1, -0.05) is 23.7 Å². The van der Waals surface area contributed by atoms with Crippen LogP contribution in [0.15, 0.2) is 82.4 Å². The molecule has 10 nitrogen and oxygen atoms in total. The number of nitrogens with one attached hydrogen (secondary N) is 1. The second kappa shape index (κ2) is 11.3. The molecule has 43 heavy (non-hydrogen) atoms. The molecule has 2 atom stereocenters. The maximum Gasteiger partial charge on any atom is 0.271 e. The lowest BCUT2D eigenvalue weighted by atomic mass is 9.80. The number of carbonyl (C=O) groups is 1. The van der Waals surface area contributed by atoms with Crippen molar-refractivity contribution in [1.82, 2.24) is 15.2 Å². The van der Waals surface area contributed by atoms with Gasteiger partial charge >= 0.3 is 0 Å². The van der Waals surface area contributed by atoms with Crippen LogP contribution < -0.4 is 19.1 Å². The molecule has 4 aromatic rings. The van der Waals surface area contributed by atoms with Gasteiger partial charge in [0.15, 0.2) is 5.54 Å². The molecule has 0 bridgehead atoms. The molecule has 12 heteroatoms. The number of hydrogen-bond acceptors (Lipinski definition) is 9. The highest BCUT2D eigenvalue weighted by molar-refractivity contribution is 7.93. The summed E-state index contributed by atoms with van der Waals surface area (Å²) in [5.41, 5.74) is 0.432. The van der Waals surface area contributed by atoms with Crippen LogP contribution in [-0.2, 0) is 26.9 Å². The first kappa shape index (κ1) is 29.2. The highest BCUT2D eigenvalue weighted by atomic mass is 35.5. The van der Waals surface area contributed by atoms with Crippen molar-refractivity contribution in [3.8, 4) is 11.5 Å². The predicted molar refractivity (Wildman–Crippen MR) is 161 cm³/mol. The van der Waals surface area contributed by atoms with E-state index in [9.17, 15) is 8.42 Å². The summed E-state index contributed by atoms with van der Waals surface area (Å²) in [6, 6.07) is 16.0. The number of sulfonamides is 1. The number of likely N-dealkylation sites (tertiary alicyclic amines) is 1. The lowest BCUT2D eigenvalue weighted by molar-refractivity contribution is -0.127. The zero-order chi connectivity index (χ0) is 30.4. The fourth-order valence-electron chi connectivity index (χ4n) is 6.30. The van der Waals surface area contributed by atoms with Gasteiger partial charge in [-0.05, 0) is 74.0 Å². The maximum atomic E-state index is 15.2. The Morgan fingerprint density at radius 2 is 1.86 bits per heavy atom. The molecule has 224 valence electrons. The molecule has 3 heterocycles. The minimum atomic E-state index is -4.39. The van der Waals surface area contributed by atoms with Crippen LogP contribution in [0.4, 0.5) is 5.69 Å². The largest absolute Gasteiger partial charge is 0.497 e. The lowest BCUT2D eigenvalue weighted by Crippen LogP contribution is -2.54. The fraction of sp³-hybridized carbons (Fsp3) is 0.290. The molecule has 2 aliphatic heterocycles.